The van der Waals surface area contributed by atoms with Gasteiger partial charge in [-0.1, -0.05) is 41.7 Å². The highest BCUT2D eigenvalue weighted by atomic mass is 32.2. The number of aromatic nitrogens is 5. The minimum atomic E-state index is 0.239. The number of piperazine rings is 1. The number of aryl methyl sites for hydroxylation is 2. The van der Waals surface area contributed by atoms with Crippen molar-refractivity contribution in [3.63, 3.8) is 0 Å². The average Bonchev–Trinajstić information content (AvgIpc) is 4.17. The van der Waals surface area contributed by atoms with Gasteiger partial charge in [0, 0.05) is 77.7 Å². The van der Waals surface area contributed by atoms with E-state index < -0.39 is 0 Å². The summed E-state index contributed by atoms with van der Waals surface area (Å²) in [6.45, 7) is 32.1. The van der Waals surface area contributed by atoms with Crippen LogP contribution in [0.4, 0.5) is 0 Å². The Morgan fingerprint density at radius 2 is 1.14 bits per heavy atom. The number of thiocarbonyl (C=S) groups is 3. The van der Waals surface area contributed by atoms with Crippen molar-refractivity contribution >= 4 is 98.9 Å². The molecule has 0 bridgehead atoms. The van der Waals surface area contributed by atoms with Gasteiger partial charge in [0.05, 0.1) is 86.1 Å². The van der Waals surface area contributed by atoms with Gasteiger partial charge >= 0.3 is 0 Å². The molecule has 10 rings (SSSR count). The van der Waals surface area contributed by atoms with Gasteiger partial charge in [0.1, 0.15) is 27.9 Å². The van der Waals surface area contributed by atoms with Crippen LogP contribution in [0.15, 0.2) is 0 Å². The number of H-pyrrole nitrogens is 1. The zero-order chi connectivity index (χ0) is 49.0. The van der Waals surface area contributed by atoms with E-state index in [9.17, 15) is 0 Å². The molecule has 10 heterocycles. The first kappa shape index (κ1) is 56.7. The molecule has 8 fully saturated rings. The molecule has 0 amide bonds. The summed E-state index contributed by atoms with van der Waals surface area (Å²) in [4.78, 5) is 25.0. The van der Waals surface area contributed by atoms with Crippen LogP contribution in [-0.4, -0.2) is 267 Å². The Hall–Kier alpha value is -1.60. The monoisotopic (exact) mass is 1090 g/mol. The maximum atomic E-state index is 5.41. The summed E-state index contributed by atoms with van der Waals surface area (Å²) in [6.07, 6.45) is 4.24. The molecule has 2 aromatic rings. The lowest BCUT2D eigenvalue weighted by Gasteiger charge is -2.35. The number of aromatic amines is 1. The number of hydrogen-bond acceptors (Lipinski definition) is 20. The molecule has 1 atom stereocenters. The molecule has 0 spiro atoms. The Kier molecular flexibility index (Phi) is 25.1. The van der Waals surface area contributed by atoms with Crippen LogP contribution in [0.2, 0.25) is 0 Å². The number of morpholine rings is 3. The van der Waals surface area contributed by atoms with Crippen LogP contribution in [0.1, 0.15) is 37.0 Å². The van der Waals surface area contributed by atoms with Crippen LogP contribution in [-0.2, 0) is 37.0 Å². The van der Waals surface area contributed by atoms with Gasteiger partial charge in [0.25, 0.3) is 10.3 Å². The van der Waals surface area contributed by atoms with E-state index in [0.717, 1.165) is 158 Å². The van der Waals surface area contributed by atoms with E-state index in [0.29, 0.717) is 15.1 Å². The van der Waals surface area contributed by atoms with Crippen molar-refractivity contribution in [3.8, 4) is 0 Å². The quantitative estimate of drug-likeness (QED) is 0.348. The van der Waals surface area contributed by atoms with Gasteiger partial charge in [-0.25, -0.2) is 14.3 Å². The Labute approximate surface area is 444 Å². The van der Waals surface area contributed by atoms with Crippen molar-refractivity contribution in [2.75, 3.05) is 177 Å². The van der Waals surface area contributed by atoms with Crippen LogP contribution in [0.5, 0.6) is 0 Å². The van der Waals surface area contributed by atoms with E-state index in [1.165, 1.54) is 64.3 Å². The Balaban J connectivity index is 0.000000142. The molecule has 19 nitrogen and oxygen atoms in total. The summed E-state index contributed by atoms with van der Waals surface area (Å²) >= 11 is 29.2. The lowest BCUT2D eigenvalue weighted by molar-refractivity contribution is 0.0210. The smallest absolute Gasteiger partial charge is 0.260 e. The standard InChI is InChI=1S/C9H17N3S2.C9H15N3S2.C9H16N2O2S.C8H14N4OS.C8H14N2O2S/c1-10-2-4-11(5-3-10)8-12-6-7-14-9(12)13;1-8-10-12(9(13)14-8)7-11-5-3-2-4-6-11;1-8-6-11(9(14)13-8)7-10-2-4-12-5-3-10;1-7-9-8(14)12(10-7)6-11-2-4-13-5-3-11;13-8-10(3-6-12-8)7-9-1-4-11-5-2-9/h2-8H2,1H3;2-7H2,1H3;8H,2-7H2,1H3;2-6H2,1H3,(H,9,10,14);1-7H2. The third kappa shape index (κ3) is 20.3. The van der Waals surface area contributed by atoms with Gasteiger partial charge < -0.3 is 43.3 Å². The van der Waals surface area contributed by atoms with Crippen LogP contribution in [0.25, 0.3) is 0 Å². The number of ether oxygens (including phenoxy) is 5. The van der Waals surface area contributed by atoms with Gasteiger partial charge in [0.2, 0.25) is 4.77 Å². The van der Waals surface area contributed by atoms with Crippen LogP contribution in [0, 0.1) is 22.6 Å². The van der Waals surface area contributed by atoms with Gasteiger partial charge in [-0.15, -0.1) is 0 Å². The Bertz CT molecular complexity index is 1890. The minimum absolute atomic E-state index is 0.239. The topological polar surface area (TPSA) is 127 Å². The third-order valence-electron chi connectivity index (χ3n) is 12.4. The molecule has 26 heteroatoms. The molecule has 8 aliphatic rings. The van der Waals surface area contributed by atoms with Crippen molar-refractivity contribution in [3.05, 3.63) is 19.6 Å². The van der Waals surface area contributed by atoms with Crippen molar-refractivity contribution < 1.29 is 23.7 Å². The summed E-state index contributed by atoms with van der Waals surface area (Å²) in [5.74, 6) is 2.04. The first-order chi connectivity index (χ1) is 33.4. The lowest BCUT2D eigenvalue weighted by Crippen LogP contribution is -2.48. The fourth-order valence-electron chi connectivity index (χ4n) is 8.39. The molecule has 0 saturated carbocycles. The fourth-order valence-corrected chi connectivity index (χ4v) is 11.4. The number of thioether (sulfide) groups is 1. The van der Waals surface area contributed by atoms with E-state index in [1.807, 2.05) is 41.9 Å². The normalized spacial score (nSPS) is 23.5. The Morgan fingerprint density at radius 3 is 1.62 bits per heavy atom. The maximum absolute atomic E-state index is 5.41. The second-order valence-corrected chi connectivity index (χ2v) is 22.7. The first-order valence-corrected chi connectivity index (χ1v) is 28.2. The highest BCUT2D eigenvalue weighted by Crippen LogP contribution is 2.19. The highest BCUT2D eigenvalue weighted by molar-refractivity contribution is 8.23. The van der Waals surface area contributed by atoms with Crippen LogP contribution >= 0.6 is 84.2 Å². The molecule has 8 saturated heterocycles. The molecule has 0 radical (unpaired) electrons. The molecule has 1 unspecified atom stereocenters. The van der Waals surface area contributed by atoms with Gasteiger partial charge in [-0.2, -0.15) is 5.10 Å². The largest absolute Gasteiger partial charge is 0.469 e. The van der Waals surface area contributed by atoms with Crippen LogP contribution < -0.4 is 0 Å². The van der Waals surface area contributed by atoms with Crippen molar-refractivity contribution in [1.82, 2.24) is 68.6 Å². The van der Waals surface area contributed by atoms with E-state index in [1.54, 1.807) is 11.3 Å². The van der Waals surface area contributed by atoms with Crippen molar-refractivity contribution in [1.29, 1.82) is 0 Å². The summed E-state index contributed by atoms with van der Waals surface area (Å²) in [5, 5.41) is 9.85. The molecule has 2 aromatic heterocycles. The number of likely N-dealkylation sites (N-methyl/N-ethyl adjacent to an activating group) is 1. The number of piperidine rings is 1. The zero-order valence-electron chi connectivity index (χ0n) is 41.2. The first-order valence-electron chi connectivity index (χ1n) is 24.4. The fraction of sp³-hybridized carbons (Fsp3) is 0.837. The van der Waals surface area contributed by atoms with Gasteiger partial charge in [0.15, 0.2) is 3.95 Å². The number of rotatable bonds is 10. The second kappa shape index (κ2) is 30.6. The van der Waals surface area contributed by atoms with E-state index >= 15 is 0 Å². The molecule has 390 valence electrons. The van der Waals surface area contributed by atoms with E-state index in [-0.39, 0.29) is 6.10 Å². The summed E-state index contributed by atoms with van der Waals surface area (Å²) in [7, 11) is 2.19. The summed E-state index contributed by atoms with van der Waals surface area (Å²) in [6, 6.07) is 0. The average molecular weight is 1090 g/mol. The van der Waals surface area contributed by atoms with Crippen LogP contribution in [0.3, 0.4) is 0 Å². The predicted molar refractivity (Wildman–Crippen MR) is 291 cm³/mol. The SMILES string of the molecule is CC1CN(CN2CCOCC2)C(=S)O1.CN1CCN(CN2CCSC2=S)CC1.Cc1nc(=S)n(CN2CCOCC2)[nH]1.Cc1nn(CN2CCCCC2)c(=S)s1.S=C1OCCN1CN1CCOCC1. The van der Waals surface area contributed by atoms with Crippen molar-refractivity contribution in [2.45, 2.75) is 59.5 Å². The van der Waals surface area contributed by atoms with Crippen molar-refractivity contribution in [2.24, 2.45) is 0 Å². The molecule has 0 aromatic carbocycles. The van der Waals surface area contributed by atoms with Gasteiger partial charge in [-0.05, 0) is 103 Å². The number of nitrogens with zero attached hydrogens (tertiary/aromatic N) is 13. The molecular weight excluding hydrogens is 1020 g/mol. The molecule has 8 aliphatic heterocycles. The maximum Gasteiger partial charge on any atom is 0.260 e. The number of likely N-dealkylation sites (tertiary alicyclic amines) is 1. The zero-order valence-corrected chi connectivity index (χ0v) is 46.9. The molecule has 69 heavy (non-hydrogen) atoms. The molecule has 0 aliphatic carbocycles. The van der Waals surface area contributed by atoms with E-state index in [4.69, 9.17) is 84.8 Å². The summed E-state index contributed by atoms with van der Waals surface area (Å²) in [5.41, 5.74) is 0. The third-order valence-corrected chi connectivity index (χ3v) is 16.1. The Morgan fingerprint density at radius 1 is 0.594 bits per heavy atom. The van der Waals surface area contributed by atoms with Gasteiger partial charge in [-0.3, -0.25) is 29.6 Å². The van der Waals surface area contributed by atoms with E-state index in [2.05, 4.69) is 66.3 Å². The molecular formula is C43H76N14O5S7. The predicted octanol–water partition coefficient (Wildman–Crippen LogP) is 3.66. The summed E-state index contributed by atoms with van der Waals surface area (Å²) < 4.78 is 32.9. The highest BCUT2D eigenvalue weighted by Gasteiger charge is 2.27. The number of hydrogen-bond donors (Lipinski definition) is 1. The molecule has 1 N–H and O–H groups in total. The lowest BCUT2D eigenvalue weighted by atomic mass is 10.1. The number of nitrogens with one attached hydrogen (secondary N) is 1. The minimum Gasteiger partial charge on any atom is -0.469 e. The second-order valence-electron chi connectivity index (χ2n) is 18.1.